The summed E-state index contributed by atoms with van der Waals surface area (Å²) in [5.74, 6) is -0.0502. The Morgan fingerprint density at radius 1 is 1.50 bits per heavy atom. The first-order valence-corrected chi connectivity index (χ1v) is 6.71. The van der Waals surface area contributed by atoms with Gasteiger partial charge in [0.2, 0.25) is 0 Å². The van der Waals surface area contributed by atoms with Crippen molar-refractivity contribution in [3.63, 3.8) is 0 Å². The van der Waals surface area contributed by atoms with Gasteiger partial charge in [0.1, 0.15) is 0 Å². The second-order valence-electron chi connectivity index (χ2n) is 4.07. The van der Waals surface area contributed by atoms with Crippen LogP contribution in [0.4, 0.5) is 10.5 Å². The highest BCUT2D eigenvalue weighted by Crippen LogP contribution is 2.25. The van der Waals surface area contributed by atoms with Gasteiger partial charge in [0.25, 0.3) is 0 Å². The number of urea groups is 1. The molecule has 2 amide bonds. The Morgan fingerprint density at radius 3 is 2.80 bits per heavy atom. The average molecular weight is 319 g/mol. The summed E-state index contributed by atoms with van der Waals surface area (Å²) < 4.78 is 0. The number of hydrogen-bond donors (Lipinski definition) is 3. The first-order valence-electron chi connectivity index (χ1n) is 5.95. The van der Waals surface area contributed by atoms with Crippen LogP contribution < -0.4 is 11.1 Å². The van der Waals surface area contributed by atoms with Crippen molar-refractivity contribution in [1.29, 1.82) is 0 Å². The Bertz CT molecular complexity index is 508. The maximum atomic E-state index is 12.1. The second-order valence-corrected chi connectivity index (χ2v) is 4.91. The molecule has 1 aromatic carbocycles. The summed E-state index contributed by atoms with van der Waals surface area (Å²) in [5, 5.41) is 14.9. The maximum absolute atomic E-state index is 12.1. The van der Waals surface area contributed by atoms with Crippen LogP contribution in [0.5, 0.6) is 0 Å². The Hall–Kier alpha value is -1.66. The van der Waals surface area contributed by atoms with E-state index in [4.69, 9.17) is 34.1 Å². The SMILES string of the molecule is CCCN(CC(N)=NO)C(=O)Nc1cc(Cl)ccc1Cl. The van der Waals surface area contributed by atoms with Gasteiger partial charge >= 0.3 is 6.03 Å². The highest BCUT2D eigenvalue weighted by Gasteiger charge is 2.15. The molecule has 0 saturated heterocycles. The summed E-state index contributed by atoms with van der Waals surface area (Å²) in [6, 6.07) is 4.37. The first kappa shape index (κ1) is 16.4. The number of nitrogens with one attached hydrogen (secondary N) is 1. The van der Waals surface area contributed by atoms with Gasteiger partial charge in [-0.1, -0.05) is 35.3 Å². The van der Waals surface area contributed by atoms with Crippen molar-refractivity contribution in [3.05, 3.63) is 28.2 Å². The first-order chi connectivity index (χ1) is 9.47. The number of nitrogens with two attached hydrogens (primary N) is 1. The van der Waals surface area contributed by atoms with Crippen LogP contribution in [0.3, 0.4) is 0 Å². The lowest BCUT2D eigenvalue weighted by molar-refractivity contribution is 0.218. The number of anilines is 1. The fraction of sp³-hybridized carbons (Fsp3) is 0.333. The minimum absolute atomic E-state index is 0.0222. The van der Waals surface area contributed by atoms with Crippen molar-refractivity contribution in [2.45, 2.75) is 13.3 Å². The molecule has 0 aromatic heterocycles. The lowest BCUT2D eigenvalue weighted by Gasteiger charge is -2.22. The zero-order chi connectivity index (χ0) is 15.1. The van der Waals surface area contributed by atoms with E-state index in [9.17, 15) is 4.79 Å². The summed E-state index contributed by atoms with van der Waals surface area (Å²) in [4.78, 5) is 13.5. The van der Waals surface area contributed by atoms with Crippen LogP contribution in [-0.2, 0) is 0 Å². The molecule has 0 atom stereocenters. The highest BCUT2D eigenvalue weighted by atomic mass is 35.5. The highest BCUT2D eigenvalue weighted by molar-refractivity contribution is 6.35. The zero-order valence-electron chi connectivity index (χ0n) is 10.9. The van der Waals surface area contributed by atoms with Gasteiger partial charge < -0.3 is 21.2 Å². The van der Waals surface area contributed by atoms with Crippen LogP contribution in [0, 0.1) is 0 Å². The molecule has 0 radical (unpaired) electrons. The normalized spacial score (nSPS) is 11.2. The fourth-order valence-corrected chi connectivity index (χ4v) is 1.87. The topological polar surface area (TPSA) is 90.9 Å². The molecule has 4 N–H and O–H groups in total. The number of carbonyl (C=O) groups excluding carboxylic acids is 1. The molecule has 0 spiro atoms. The molecule has 0 unspecified atom stereocenters. The minimum Gasteiger partial charge on any atom is -0.409 e. The molecule has 0 aliphatic rings. The maximum Gasteiger partial charge on any atom is 0.322 e. The van der Waals surface area contributed by atoms with Gasteiger partial charge in [0, 0.05) is 11.6 Å². The quantitative estimate of drug-likeness (QED) is 0.337. The van der Waals surface area contributed by atoms with Crippen molar-refractivity contribution < 1.29 is 10.0 Å². The van der Waals surface area contributed by atoms with Crippen molar-refractivity contribution >= 4 is 40.8 Å². The van der Waals surface area contributed by atoms with Gasteiger partial charge in [-0.2, -0.15) is 0 Å². The number of oxime groups is 1. The number of carbonyl (C=O) groups is 1. The monoisotopic (exact) mass is 318 g/mol. The Labute approximate surface area is 127 Å². The summed E-state index contributed by atoms with van der Waals surface area (Å²) >= 11 is 11.8. The summed E-state index contributed by atoms with van der Waals surface area (Å²) in [6.45, 7) is 2.40. The van der Waals surface area contributed by atoms with E-state index >= 15 is 0 Å². The van der Waals surface area contributed by atoms with Crippen molar-refractivity contribution in [2.75, 3.05) is 18.4 Å². The number of benzene rings is 1. The zero-order valence-corrected chi connectivity index (χ0v) is 12.4. The van der Waals surface area contributed by atoms with E-state index in [1.807, 2.05) is 6.92 Å². The molecule has 0 heterocycles. The molecule has 0 aliphatic carbocycles. The molecule has 0 aliphatic heterocycles. The molecule has 0 saturated carbocycles. The Morgan fingerprint density at radius 2 is 2.20 bits per heavy atom. The number of amidine groups is 1. The fourth-order valence-electron chi connectivity index (χ4n) is 1.54. The number of halogens is 2. The molecule has 6 nitrogen and oxygen atoms in total. The van der Waals surface area contributed by atoms with Gasteiger partial charge in [-0.15, -0.1) is 0 Å². The minimum atomic E-state index is -0.400. The number of amides is 2. The Kier molecular flexibility index (Phi) is 6.41. The van der Waals surface area contributed by atoms with Gasteiger partial charge in [0.05, 0.1) is 17.3 Å². The van der Waals surface area contributed by atoms with Gasteiger partial charge in [-0.3, -0.25) is 0 Å². The molecule has 0 bridgehead atoms. The molecular weight excluding hydrogens is 303 g/mol. The van der Waals surface area contributed by atoms with Crippen LogP contribution in [-0.4, -0.2) is 35.1 Å². The van der Waals surface area contributed by atoms with Crippen LogP contribution in [0.2, 0.25) is 10.0 Å². The standard InChI is InChI=1S/C12H16Cl2N4O2/c1-2-5-18(7-11(15)17-20)12(19)16-10-6-8(13)3-4-9(10)14/h3-4,6,20H,2,5,7H2,1H3,(H2,15,17)(H,16,19). The molecular formula is C12H16Cl2N4O2. The lowest BCUT2D eigenvalue weighted by atomic mass is 10.3. The Balaban J connectivity index is 2.82. The van der Waals surface area contributed by atoms with E-state index < -0.39 is 6.03 Å². The number of nitrogens with zero attached hydrogens (tertiary/aromatic N) is 2. The predicted octanol–water partition coefficient (Wildman–Crippen LogP) is 2.98. The van der Waals surface area contributed by atoms with E-state index in [1.54, 1.807) is 18.2 Å². The van der Waals surface area contributed by atoms with E-state index in [2.05, 4.69) is 10.5 Å². The number of rotatable bonds is 5. The third kappa shape index (κ3) is 4.79. The molecule has 110 valence electrons. The van der Waals surface area contributed by atoms with Crippen molar-refractivity contribution in [3.8, 4) is 0 Å². The van der Waals surface area contributed by atoms with E-state index in [0.717, 1.165) is 6.42 Å². The summed E-state index contributed by atoms with van der Waals surface area (Å²) in [6.07, 6.45) is 0.732. The molecule has 20 heavy (non-hydrogen) atoms. The molecule has 0 fully saturated rings. The van der Waals surface area contributed by atoms with Crippen molar-refractivity contribution in [1.82, 2.24) is 4.90 Å². The van der Waals surface area contributed by atoms with Gasteiger partial charge in [-0.25, -0.2) is 4.79 Å². The third-order valence-electron chi connectivity index (χ3n) is 2.43. The molecule has 1 rings (SSSR count). The van der Waals surface area contributed by atoms with Crippen molar-refractivity contribution in [2.24, 2.45) is 10.9 Å². The lowest BCUT2D eigenvalue weighted by Crippen LogP contribution is -2.41. The van der Waals surface area contributed by atoms with Crippen LogP contribution in [0.1, 0.15) is 13.3 Å². The van der Waals surface area contributed by atoms with Gasteiger partial charge in [0.15, 0.2) is 5.84 Å². The van der Waals surface area contributed by atoms with Gasteiger partial charge in [-0.05, 0) is 24.6 Å². The smallest absolute Gasteiger partial charge is 0.322 e. The summed E-state index contributed by atoms with van der Waals surface area (Å²) in [7, 11) is 0. The van der Waals surface area contributed by atoms with E-state index in [0.29, 0.717) is 22.3 Å². The van der Waals surface area contributed by atoms with Crippen LogP contribution in [0.25, 0.3) is 0 Å². The predicted molar refractivity (Wildman–Crippen MR) is 80.8 cm³/mol. The second kappa shape index (κ2) is 7.81. The average Bonchev–Trinajstić information content (AvgIpc) is 2.42. The molecule has 8 heteroatoms. The van der Waals surface area contributed by atoms with E-state index in [1.165, 1.54) is 4.90 Å². The largest absolute Gasteiger partial charge is 0.409 e. The van der Waals surface area contributed by atoms with E-state index in [-0.39, 0.29) is 12.4 Å². The summed E-state index contributed by atoms with van der Waals surface area (Å²) in [5.41, 5.74) is 5.83. The molecule has 1 aromatic rings. The van der Waals surface area contributed by atoms with Crippen LogP contribution in [0.15, 0.2) is 23.4 Å². The van der Waals surface area contributed by atoms with Crippen LogP contribution >= 0.6 is 23.2 Å². The number of hydrogen-bond acceptors (Lipinski definition) is 3. The third-order valence-corrected chi connectivity index (χ3v) is 3.00.